The molecule has 0 aromatic carbocycles. The van der Waals surface area contributed by atoms with E-state index in [2.05, 4.69) is 13.8 Å². The van der Waals surface area contributed by atoms with Crippen LogP contribution in [0, 0.1) is 0 Å². The Hall–Kier alpha value is -0.530. The van der Waals surface area contributed by atoms with Crippen molar-refractivity contribution >= 4 is 5.91 Å². The normalized spacial score (nSPS) is 22.0. The van der Waals surface area contributed by atoms with Gasteiger partial charge in [-0.15, -0.1) is 0 Å². The summed E-state index contributed by atoms with van der Waals surface area (Å²) in [4.78, 5) is 13.3. The molecule has 1 aliphatic heterocycles. The zero-order chi connectivity index (χ0) is 8.27. The summed E-state index contributed by atoms with van der Waals surface area (Å²) in [5.41, 5.74) is 0. The van der Waals surface area contributed by atoms with Crippen LogP contribution in [0.3, 0.4) is 0 Å². The first-order valence-electron chi connectivity index (χ1n) is 4.55. The molecule has 0 aliphatic carbocycles. The summed E-state index contributed by atoms with van der Waals surface area (Å²) >= 11 is 0. The van der Waals surface area contributed by atoms with Gasteiger partial charge in [0.1, 0.15) is 0 Å². The second-order valence-electron chi connectivity index (χ2n) is 3.30. The van der Waals surface area contributed by atoms with Gasteiger partial charge in [-0.05, 0) is 26.2 Å². The molecule has 0 spiro atoms. The molecule has 0 N–H and O–H groups in total. The van der Waals surface area contributed by atoms with E-state index in [0.717, 1.165) is 25.8 Å². The molecule has 0 radical (unpaired) electrons. The van der Waals surface area contributed by atoms with Gasteiger partial charge >= 0.3 is 0 Å². The highest BCUT2D eigenvalue weighted by Gasteiger charge is 2.21. The number of rotatable bonds is 2. The molecular weight excluding hydrogens is 138 g/mol. The van der Waals surface area contributed by atoms with E-state index in [1.165, 1.54) is 6.42 Å². The van der Waals surface area contributed by atoms with Crippen molar-refractivity contribution in [3.8, 4) is 0 Å². The van der Waals surface area contributed by atoms with Gasteiger partial charge in [0, 0.05) is 19.0 Å². The Morgan fingerprint density at radius 1 is 1.55 bits per heavy atom. The molecule has 0 aromatic rings. The number of nitrogens with zero attached hydrogens (tertiary/aromatic N) is 1. The van der Waals surface area contributed by atoms with E-state index >= 15 is 0 Å². The lowest BCUT2D eigenvalue weighted by atomic mass is 10.1. The molecule has 1 fully saturated rings. The summed E-state index contributed by atoms with van der Waals surface area (Å²) in [5.74, 6) is 0.352. The molecule has 0 aromatic heterocycles. The molecule has 1 amide bonds. The fourth-order valence-corrected chi connectivity index (χ4v) is 1.51. The quantitative estimate of drug-likeness (QED) is 0.595. The highest BCUT2D eigenvalue weighted by atomic mass is 16.2. The first-order chi connectivity index (χ1) is 5.25. The monoisotopic (exact) mass is 155 g/mol. The highest BCUT2D eigenvalue weighted by Crippen LogP contribution is 2.14. The number of carbonyl (C=O) groups is 1. The third kappa shape index (κ3) is 1.95. The molecule has 0 saturated carbocycles. The molecule has 1 heterocycles. The van der Waals surface area contributed by atoms with Gasteiger partial charge in [0.25, 0.3) is 0 Å². The topological polar surface area (TPSA) is 20.3 Å². The van der Waals surface area contributed by atoms with Crippen LogP contribution in [-0.4, -0.2) is 23.4 Å². The Kier molecular flexibility index (Phi) is 2.92. The van der Waals surface area contributed by atoms with E-state index < -0.39 is 0 Å². The van der Waals surface area contributed by atoms with Crippen LogP contribution in [0.15, 0.2) is 0 Å². The molecule has 64 valence electrons. The average molecular weight is 155 g/mol. The molecule has 11 heavy (non-hydrogen) atoms. The van der Waals surface area contributed by atoms with Crippen molar-refractivity contribution < 1.29 is 4.79 Å². The molecule has 2 nitrogen and oxygen atoms in total. The average Bonchev–Trinajstić information content (AvgIpc) is 2.04. The van der Waals surface area contributed by atoms with Crippen LogP contribution in [0.5, 0.6) is 0 Å². The van der Waals surface area contributed by atoms with Crippen molar-refractivity contribution in [1.82, 2.24) is 4.90 Å². The molecule has 0 unspecified atom stereocenters. The van der Waals surface area contributed by atoms with Crippen LogP contribution in [0.4, 0.5) is 0 Å². The molecule has 2 heteroatoms. The number of likely N-dealkylation sites (tertiary alicyclic amines) is 1. The first kappa shape index (κ1) is 8.57. The van der Waals surface area contributed by atoms with Crippen molar-refractivity contribution in [1.29, 1.82) is 0 Å². The van der Waals surface area contributed by atoms with Crippen LogP contribution in [-0.2, 0) is 4.79 Å². The lowest BCUT2D eigenvalue weighted by Gasteiger charge is -2.31. The Morgan fingerprint density at radius 2 is 2.27 bits per heavy atom. The van der Waals surface area contributed by atoms with Crippen molar-refractivity contribution in [2.75, 3.05) is 6.54 Å². The van der Waals surface area contributed by atoms with Gasteiger partial charge < -0.3 is 4.90 Å². The van der Waals surface area contributed by atoms with Crippen LogP contribution >= 0.6 is 0 Å². The van der Waals surface area contributed by atoms with Crippen LogP contribution < -0.4 is 0 Å². The molecule has 1 rings (SSSR count). The van der Waals surface area contributed by atoms with Crippen LogP contribution in [0.25, 0.3) is 0 Å². The zero-order valence-electron chi connectivity index (χ0n) is 7.47. The standard InChI is InChI=1S/C9H17NO/c1-3-8(2)10-7-5-4-6-9(10)11/h8H,3-7H2,1-2H3/t8-/m0/s1. The van der Waals surface area contributed by atoms with Crippen molar-refractivity contribution in [3.05, 3.63) is 0 Å². The zero-order valence-corrected chi connectivity index (χ0v) is 7.47. The second-order valence-corrected chi connectivity index (χ2v) is 3.30. The smallest absolute Gasteiger partial charge is 0.222 e. The maximum Gasteiger partial charge on any atom is 0.222 e. The van der Waals surface area contributed by atoms with E-state index in [4.69, 9.17) is 0 Å². The van der Waals surface area contributed by atoms with E-state index in [-0.39, 0.29) is 0 Å². The lowest BCUT2D eigenvalue weighted by molar-refractivity contribution is -0.135. The summed E-state index contributed by atoms with van der Waals surface area (Å²) in [6.07, 6.45) is 4.12. The number of hydrogen-bond acceptors (Lipinski definition) is 1. The van der Waals surface area contributed by atoms with E-state index in [1.807, 2.05) is 4.90 Å². The third-order valence-electron chi connectivity index (χ3n) is 2.48. The van der Waals surface area contributed by atoms with E-state index in [9.17, 15) is 4.79 Å². The van der Waals surface area contributed by atoms with Crippen molar-refractivity contribution in [2.45, 2.75) is 45.6 Å². The minimum atomic E-state index is 0.352. The largest absolute Gasteiger partial charge is 0.340 e. The summed E-state index contributed by atoms with van der Waals surface area (Å²) in [7, 11) is 0. The van der Waals surface area contributed by atoms with Crippen molar-refractivity contribution in [2.24, 2.45) is 0 Å². The number of hydrogen-bond donors (Lipinski definition) is 0. The molecular formula is C9H17NO. The predicted octanol–water partition coefficient (Wildman–Crippen LogP) is 1.80. The van der Waals surface area contributed by atoms with Crippen LogP contribution in [0.1, 0.15) is 39.5 Å². The Bertz CT molecular complexity index is 144. The minimum Gasteiger partial charge on any atom is -0.340 e. The summed E-state index contributed by atoms with van der Waals surface area (Å²) in [6, 6.07) is 0.447. The van der Waals surface area contributed by atoms with E-state index in [1.54, 1.807) is 0 Å². The second kappa shape index (κ2) is 3.74. The molecule has 1 atom stereocenters. The van der Waals surface area contributed by atoms with Gasteiger partial charge in [0.2, 0.25) is 5.91 Å². The van der Waals surface area contributed by atoms with E-state index in [0.29, 0.717) is 11.9 Å². The van der Waals surface area contributed by atoms with Gasteiger partial charge in [-0.1, -0.05) is 6.92 Å². The van der Waals surface area contributed by atoms with Gasteiger partial charge in [-0.3, -0.25) is 4.79 Å². The SMILES string of the molecule is CC[C@H](C)N1CCCCC1=O. The molecule has 1 saturated heterocycles. The fraction of sp³-hybridized carbons (Fsp3) is 0.889. The fourth-order valence-electron chi connectivity index (χ4n) is 1.51. The number of amides is 1. The maximum atomic E-state index is 11.3. The lowest BCUT2D eigenvalue weighted by Crippen LogP contribution is -2.41. The van der Waals surface area contributed by atoms with Gasteiger partial charge in [0.15, 0.2) is 0 Å². The Labute approximate surface area is 68.6 Å². The third-order valence-corrected chi connectivity index (χ3v) is 2.48. The van der Waals surface area contributed by atoms with Crippen LogP contribution in [0.2, 0.25) is 0 Å². The van der Waals surface area contributed by atoms with Crippen molar-refractivity contribution in [3.63, 3.8) is 0 Å². The summed E-state index contributed by atoms with van der Waals surface area (Å²) < 4.78 is 0. The Morgan fingerprint density at radius 3 is 2.82 bits per heavy atom. The number of carbonyl (C=O) groups excluding carboxylic acids is 1. The van der Waals surface area contributed by atoms with Gasteiger partial charge in [-0.2, -0.15) is 0 Å². The Balaban J connectivity index is 2.47. The maximum absolute atomic E-state index is 11.3. The highest BCUT2D eigenvalue weighted by molar-refractivity contribution is 5.77. The van der Waals surface area contributed by atoms with Gasteiger partial charge in [0.05, 0.1) is 0 Å². The summed E-state index contributed by atoms with van der Waals surface area (Å²) in [6.45, 7) is 5.24. The molecule has 1 aliphatic rings. The predicted molar refractivity (Wildman–Crippen MR) is 45.3 cm³/mol. The van der Waals surface area contributed by atoms with Gasteiger partial charge in [-0.25, -0.2) is 0 Å². The molecule has 0 bridgehead atoms. The first-order valence-corrected chi connectivity index (χ1v) is 4.55. The summed E-state index contributed by atoms with van der Waals surface area (Å²) in [5, 5.41) is 0. The number of piperidine rings is 1. The minimum absolute atomic E-state index is 0.352.